The van der Waals surface area contributed by atoms with Crippen LogP contribution in [0.2, 0.25) is 5.02 Å². The van der Waals surface area contributed by atoms with E-state index in [1.165, 1.54) is 0 Å². The molecule has 7 heteroatoms. The average molecular weight is 446 g/mol. The molecule has 0 atom stereocenters. The standard InChI is InChI=1S/C15H10Cl2IN3O/c16-7-14(19)20-9-2-4-13-12(6-9)21-15(22-13)10-5-8(18)1-3-11(10)17/h1-6H,7H2,(H2,19,20). The number of nitrogens with two attached hydrogens (primary N) is 1. The fourth-order valence-electron chi connectivity index (χ4n) is 1.96. The second-order valence-electron chi connectivity index (χ2n) is 4.53. The van der Waals surface area contributed by atoms with E-state index in [1.807, 2.05) is 18.2 Å². The summed E-state index contributed by atoms with van der Waals surface area (Å²) in [5, 5.41) is 0.594. The van der Waals surface area contributed by atoms with Crippen LogP contribution in [0, 0.1) is 3.57 Å². The molecule has 0 aliphatic heterocycles. The zero-order valence-corrected chi connectivity index (χ0v) is 14.9. The van der Waals surface area contributed by atoms with Gasteiger partial charge >= 0.3 is 0 Å². The summed E-state index contributed by atoms with van der Waals surface area (Å²) in [7, 11) is 0. The molecule has 3 aromatic rings. The lowest BCUT2D eigenvalue weighted by atomic mass is 10.2. The second kappa shape index (κ2) is 6.44. The molecule has 0 saturated heterocycles. The first-order valence-corrected chi connectivity index (χ1v) is 8.31. The Balaban J connectivity index is 2.08. The number of aromatic nitrogens is 1. The van der Waals surface area contributed by atoms with Crippen LogP contribution in [0.3, 0.4) is 0 Å². The van der Waals surface area contributed by atoms with Crippen molar-refractivity contribution in [1.82, 2.24) is 4.98 Å². The van der Waals surface area contributed by atoms with Crippen LogP contribution in [0.4, 0.5) is 5.69 Å². The van der Waals surface area contributed by atoms with Crippen LogP contribution in [0.25, 0.3) is 22.6 Å². The number of halogens is 3. The average Bonchev–Trinajstić information content (AvgIpc) is 2.92. The molecule has 0 amide bonds. The Bertz CT molecular complexity index is 876. The van der Waals surface area contributed by atoms with Crippen LogP contribution in [0.5, 0.6) is 0 Å². The molecule has 0 unspecified atom stereocenters. The number of hydrogen-bond donors (Lipinski definition) is 1. The monoisotopic (exact) mass is 445 g/mol. The maximum atomic E-state index is 6.22. The van der Waals surface area contributed by atoms with Crippen LogP contribution >= 0.6 is 45.8 Å². The lowest BCUT2D eigenvalue weighted by Crippen LogP contribution is -2.12. The van der Waals surface area contributed by atoms with E-state index in [0.717, 1.165) is 9.13 Å². The fraction of sp³-hybridized carbons (Fsp3) is 0.0667. The number of fused-ring (bicyclic) bond motifs is 1. The predicted octanol–water partition coefficient (Wildman–Crippen LogP) is 4.98. The van der Waals surface area contributed by atoms with E-state index in [4.69, 9.17) is 33.4 Å². The molecule has 2 aromatic carbocycles. The van der Waals surface area contributed by atoms with Crippen LogP contribution in [0.15, 0.2) is 45.8 Å². The highest BCUT2D eigenvalue weighted by molar-refractivity contribution is 14.1. The number of rotatable bonds is 3. The van der Waals surface area contributed by atoms with Gasteiger partial charge in [0.25, 0.3) is 0 Å². The summed E-state index contributed by atoms with van der Waals surface area (Å²) in [6.45, 7) is 0. The van der Waals surface area contributed by atoms with Crippen molar-refractivity contribution in [1.29, 1.82) is 0 Å². The molecule has 0 fully saturated rings. The Morgan fingerprint density at radius 2 is 2.09 bits per heavy atom. The number of aliphatic imine (C=N–C) groups is 1. The van der Waals surface area contributed by atoms with Gasteiger partial charge in [0.15, 0.2) is 5.58 Å². The van der Waals surface area contributed by atoms with E-state index in [2.05, 4.69) is 32.6 Å². The normalized spacial score (nSPS) is 12.0. The van der Waals surface area contributed by atoms with Crippen molar-refractivity contribution in [3.05, 3.63) is 45.0 Å². The second-order valence-corrected chi connectivity index (χ2v) is 6.45. The van der Waals surface area contributed by atoms with Gasteiger partial charge in [-0.2, -0.15) is 0 Å². The summed E-state index contributed by atoms with van der Waals surface area (Å²) >= 11 is 14.1. The summed E-state index contributed by atoms with van der Waals surface area (Å²) in [6.07, 6.45) is 0. The van der Waals surface area contributed by atoms with Crippen LogP contribution in [-0.4, -0.2) is 16.7 Å². The molecule has 0 bridgehead atoms. The largest absolute Gasteiger partial charge is 0.436 e. The van der Waals surface area contributed by atoms with Crippen molar-refractivity contribution in [3.8, 4) is 11.5 Å². The lowest BCUT2D eigenvalue weighted by Gasteiger charge is -1.99. The Kier molecular flexibility index (Phi) is 4.56. The Morgan fingerprint density at radius 3 is 2.86 bits per heavy atom. The maximum Gasteiger partial charge on any atom is 0.228 e. The van der Waals surface area contributed by atoms with Gasteiger partial charge in [-0.05, 0) is 59.0 Å². The number of nitrogens with zero attached hydrogens (tertiary/aromatic N) is 2. The maximum absolute atomic E-state index is 6.22. The van der Waals surface area contributed by atoms with Gasteiger partial charge in [0.2, 0.25) is 5.89 Å². The van der Waals surface area contributed by atoms with Gasteiger partial charge in [0.05, 0.1) is 22.2 Å². The van der Waals surface area contributed by atoms with E-state index in [1.54, 1.807) is 18.2 Å². The molecular weight excluding hydrogens is 436 g/mol. The summed E-state index contributed by atoms with van der Waals surface area (Å²) < 4.78 is 6.83. The summed E-state index contributed by atoms with van der Waals surface area (Å²) in [6, 6.07) is 11.1. The number of alkyl halides is 1. The van der Waals surface area contributed by atoms with E-state index >= 15 is 0 Å². The van der Waals surface area contributed by atoms with Crippen LogP contribution < -0.4 is 5.73 Å². The highest BCUT2D eigenvalue weighted by atomic mass is 127. The lowest BCUT2D eigenvalue weighted by molar-refractivity contribution is 0.620. The zero-order valence-electron chi connectivity index (χ0n) is 11.2. The topological polar surface area (TPSA) is 64.4 Å². The predicted molar refractivity (Wildman–Crippen MR) is 99.2 cm³/mol. The first-order chi connectivity index (χ1) is 10.6. The van der Waals surface area contributed by atoms with Crippen molar-refractivity contribution in [3.63, 3.8) is 0 Å². The van der Waals surface area contributed by atoms with Gasteiger partial charge in [-0.1, -0.05) is 11.6 Å². The van der Waals surface area contributed by atoms with Crippen LogP contribution in [0.1, 0.15) is 0 Å². The number of oxazole rings is 1. The van der Waals surface area contributed by atoms with Crippen molar-refractivity contribution in [2.45, 2.75) is 0 Å². The van der Waals surface area contributed by atoms with Crippen molar-refractivity contribution >= 4 is 68.4 Å². The Morgan fingerprint density at radius 1 is 1.27 bits per heavy atom. The molecule has 0 aliphatic rings. The molecule has 1 heterocycles. The quantitative estimate of drug-likeness (QED) is 0.267. The minimum Gasteiger partial charge on any atom is -0.436 e. The third kappa shape index (κ3) is 3.21. The van der Waals surface area contributed by atoms with Gasteiger partial charge in [0.1, 0.15) is 11.4 Å². The molecule has 0 saturated carbocycles. The first-order valence-electron chi connectivity index (χ1n) is 6.32. The third-order valence-corrected chi connectivity index (χ3v) is 4.21. The highest BCUT2D eigenvalue weighted by Gasteiger charge is 2.12. The molecule has 1 aromatic heterocycles. The summed E-state index contributed by atoms with van der Waals surface area (Å²) in [4.78, 5) is 8.68. The molecule has 22 heavy (non-hydrogen) atoms. The fourth-order valence-corrected chi connectivity index (χ4v) is 2.71. The van der Waals surface area contributed by atoms with Gasteiger partial charge in [0, 0.05) is 3.57 Å². The minimum absolute atomic E-state index is 0.181. The molecule has 2 N–H and O–H groups in total. The van der Waals surface area contributed by atoms with Crippen molar-refractivity contribution in [2.75, 3.05) is 5.88 Å². The molecule has 112 valence electrons. The molecular formula is C15H10Cl2IN3O. The molecule has 3 rings (SSSR count). The van der Waals surface area contributed by atoms with E-state index < -0.39 is 0 Å². The third-order valence-electron chi connectivity index (χ3n) is 2.94. The first kappa shape index (κ1) is 15.6. The van der Waals surface area contributed by atoms with Gasteiger partial charge in [-0.3, -0.25) is 0 Å². The summed E-state index contributed by atoms with van der Waals surface area (Å²) in [5.41, 5.74) is 8.43. The van der Waals surface area contributed by atoms with Gasteiger partial charge in [-0.25, -0.2) is 9.98 Å². The molecule has 0 aliphatic carbocycles. The molecule has 0 spiro atoms. The van der Waals surface area contributed by atoms with Crippen molar-refractivity contribution in [2.24, 2.45) is 10.7 Å². The minimum atomic E-state index is 0.181. The SMILES string of the molecule is NC(CCl)=Nc1ccc2oc(-c3cc(I)ccc3Cl)nc2c1. The number of amidine groups is 1. The van der Waals surface area contributed by atoms with Gasteiger partial charge in [-0.15, -0.1) is 11.6 Å². The summed E-state index contributed by atoms with van der Waals surface area (Å²) in [5.74, 6) is 1.01. The van der Waals surface area contributed by atoms with Crippen molar-refractivity contribution < 1.29 is 4.42 Å². The number of benzene rings is 2. The highest BCUT2D eigenvalue weighted by Crippen LogP contribution is 2.32. The van der Waals surface area contributed by atoms with E-state index in [0.29, 0.717) is 33.5 Å². The molecule has 4 nitrogen and oxygen atoms in total. The van der Waals surface area contributed by atoms with E-state index in [-0.39, 0.29) is 5.88 Å². The van der Waals surface area contributed by atoms with Gasteiger partial charge < -0.3 is 10.2 Å². The number of hydrogen-bond acceptors (Lipinski definition) is 3. The van der Waals surface area contributed by atoms with Crippen LogP contribution in [-0.2, 0) is 0 Å². The zero-order chi connectivity index (χ0) is 15.7. The molecule has 0 radical (unpaired) electrons. The Hall–Kier alpha value is -1.31. The Labute approximate surface area is 150 Å². The van der Waals surface area contributed by atoms with E-state index in [9.17, 15) is 0 Å². The smallest absolute Gasteiger partial charge is 0.228 e.